The van der Waals surface area contributed by atoms with Crippen molar-refractivity contribution < 1.29 is 9.00 Å². The Morgan fingerprint density at radius 2 is 2.12 bits per heavy atom. The predicted octanol–water partition coefficient (Wildman–Crippen LogP) is 3.62. The Bertz CT molecular complexity index is 809. The zero-order valence-corrected chi connectivity index (χ0v) is 16.4. The fraction of sp³-hybridized carbons (Fsp3) is 0.438. The molecule has 1 aromatic heterocycles. The summed E-state index contributed by atoms with van der Waals surface area (Å²) in [5.41, 5.74) is 0.729. The predicted molar refractivity (Wildman–Crippen MR) is 103 cm³/mol. The number of benzene rings is 1. The average Bonchev–Trinajstić information content (AvgIpc) is 2.97. The van der Waals surface area contributed by atoms with E-state index in [1.54, 1.807) is 11.0 Å². The summed E-state index contributed by atoms with van der Waals surface area (Å²) in [4.78, 5) is 18.5. The normalized spacial score (nSPS) is 20.1. The lowest BCUT2D eigenvalue weighted by molar-refractivity contribution is 0.214. The summed E-state index contributed by atoms with van der Waals surface area (Å²) in [5, 5.41) is 3.77. The van der Waals surface area contributed by atoms with Crippen molar-refractivity contribution in [3.05, 3.63) is 29.3 Å². The standard InChI is InChI=1S/C16H19ClN4O2S2/c1-16(2)7-8-21(9-10-25(16)23)15(22)19-14-18-13(20-24-14)11-5-3-4-6-12(11)17/h3-6H,7-10H2,1-2H3,(H,18,19,20,22). The van der Waals surface area contributed by atoms with Crippen LogP contribution in [0, 0.1) is 0 Å². The first-order valence-electron chi connectivity index (χ1n) is 7.90. The molecular weight excluding hydrogens is 380 g/mol. The molecule has 9 heteroatoms. The third-order valence-electron chi connectivity index (χ3n) is 4.19. The van der Waals surface area contributed by atoms with E-state index in [1.807, 2.05) is 32.0 Å². The third kappa shape index (κ3) is 4.19. The van der Waals surface area contributed by atoms with Crippen LogP contribution in [0.15, 0.2) is 24.3 Å². The lowest BCUT2D eigenvalue weighted by Gasteiger charge is -2.22. The molecule has 134 valence electrons. The Morgan fingerprint density at radius 3 is 2.88 bits per heavy atom. The lowest BCUT2D eigenvalue weighted by Crippen LogP contribution is -2.37. The molecule has 1 aromatic carbocycles. The van der Waals surface area contributed by atoms with Crippen LogP contribution in [0.1, 0.15) is 20.3 Å². The number of carbonyl (C=O) groups is 1. The minimum Gasteiger partial charge on any atom is -0.324 e. The van der Waals surface area contributed by atoms with Gasteiger partial charge in [0.15, 0.2) is 5.82 Å². The highest BCUT2D eigenvalue weighted by molar-refractivity contribution is 7.86. The molecule has 1 aliphatic heterocycles. The fourth-order valence-corrected chi connectivity index (χ4v) is 4.55. The number of nitrogens with one attached hydrogen (secondary N) is 1. The van der Waals surface area contributed by atoms with Gasteiger partial charge in [-0.3, -0.25) is 9.53 Å². The van der Waals surface area contributed by atoms with E-state index in [9.17, 15) is 9.00 Å². The molecule has 0 bridgehead atoms. The highest BCUT2D eigenvalue weighted by Gasteiger charge is 2.31. The van der Waals surface area contributed by atoms with E-state index in [0.29, 0.717) is 41.2 Å². The maximum atomic E-state index is 12.5. The largest absolute Gasteiger partial charge is 0.324 e. The summed E-state index contributed by atoms with van der Waals surface area (Å²) in [5.74, 6) is 0.977. The number of amides is 2. The molecule has 1 fully saturated rings. The van der Waals surface area contributed by atoms with Crippen LogP contribution in [0.3, 0.4) is 0 Å². The van der Waals surface area contributed by atoms with Crippen molar-refractivity contribution in [2.45, 2.75) is 25.0 Å². The highest BCUT2D eigenvalue weighted by Crippen LogP contribution is 2.28. The highest BCUT2D eigenvalue weighted by atomic mass is 35.5. The van der Waals surface area contributed by atoms with Gasteiger partial charge in [-0.15, -0.1) is 0 Å². The minimum atomic E-state index is -0.937. The van der Waals surface area contributed by atoms with Crippen LogP contribution in [0.25, 0.3) is 11.4 Å². The van der Waals surface area contributed by atoms with Crippen molar-refractivity contribution in [1.82, 2.24) is 14.3 Å². The Balaban J connectivity index is 1.68. The Morgan fingerprint density at radius 1 is 1.36 bits per heavy atom. The monoisotopic (exact) mass is 398 g/mol. The first-order valence-corrected chi connectivity index (χ1v) is 10.4. The zero-order chi connectivity index (χ0) is 18.0. The van der Waals surface area contributed by atoms with Crippen molar-refractivity contribution in [2.24, 2.45) is 0 Å². The quantitative estimate of drug-likeness (QED) is 0.838. The molecule has 0 aliphatic carbocycles. The van der Waals surface area contributed by atoms with Gasteiger partial charge in [-0.25, -0.2) is 4.79 Å². The number of rotatable bonds is 2. The smallest absolute Gasteiger partial charge is 0.323 e. The van der Waals surface area contributed by atoms with Crippen molar-refractivity contribution in [3.8, 4) is 11.4 Å². The summed E-state index contributed by atoms with van der Waals surface area (Å²) in [7, 11) is -0.937. The van der Waals surface area contributed by atoms with Gasteiger partial charge in [0.25, 0.3) is 0 Å². The molecule has 6 nitrogen and oxygen atoms in total. The topological polar surface area (TPSA) is 75.2 Å². The number of urea groups is 1. The van der Waals surface area contributed by atoms with Crippen LogP contribution < -0.4 is 5.32 Å². The molecule has 0 saturated carbocycles. The minimum absolute atomic E-state index is 0.239. The van der Waals surface area contributed by atoms with E-state index in [-0.39, 0.29) is 10.8 Å². The van der Waals surface area contributed by atoms with Crippen molar-refractivity contribution in [3.63, 3.8) is 0 Å². The van der Waals surface area contributed by atoms with E-state index >= 15 is 0 Å². The maximum absolute atomic E-state index is 12.5. The summed E-state index contributed by atoms with van der Waals surface area (Å²) in [6, 6.07) is 7.07. The molecule has 1 N–H and O–H groups in total. The van der Waals surface area contributed by atoms with Crippen LogP contribution in [0.2, 0.25) is 5.02 Å². The van der Waals surface area contributed by atoms with E-state index in [4.69, 9.17) is 11.6 Å². The number of hydrogen-bond donors (Lipinski definition) is 1. The first kappa shape index (κ1) is 18.3. The summed E-state index contributed by atoms with van der Waals surface area (Å²) in [6.45, 7) is 5.00. The van der Waals surface area contributed by atoms with Crippen LogP contribution in [-0.2, 0) is 10.8 Å². The maximum Gasteiger partial charge on any atom is 0.323 e. The molecule has 1 saturated heterocycles. The second-order valence-corrected chi connectivity index (χ2v) is 9.74. The third-order valence-corrected chi connectivity index (χ3v) is 7.14. The molecule has 1 atom stereocenters. The van der Waals surface area contributed by atoms with Gasteiger partial charge in [0.1, 0.15) is 0 Å². The Labute approximate surface area is 158 Å². The molecule has 2 heterocycles. The van der Waals surface area contributed by atoms with Crippen LogP contribution in [-0.4, -0.2) is 48.1 Å². The van der Waals surface area contributed by atoms with Gasteiger partial charge in [0.2, 0.25) is 5.13 Å². The fourth-order valence-electron chi connectivity index (χ4n) is 2.50. The number of carbonyl (C=O) groups excluding carboxylic acids is 1. The van der Waals surface area contributed by atoms with Crippen LogP contribution in [0.5, 0.6) is 0 Å². The van der Waals surface area contributed by atoms with Gasteiger partial charge in [-0.05, 0) is 32.4 Å². The van der Waals surface area contributed by atoms with Gasteiger partial charge in [0, 0.05) is 51.5 Å². The van der Waals surface area contributed by atoms with E-state index in [2.05, 4.69) is 14.7 Å². The molecule has 3 rings (SSSR count). The lowest BCUT2D eigenvalue weighted by atomic mass is 10.1. The zero-order valence-electron chi connectivity index (χ0n) is 14.0. The molecule has 25 heavy (non-hydrogen) atoms. The second kappa shape index (κ2) is 7.39. The van der Waals surface area contributed by atoms with Crippen molar-refractivity contribution in [1.29, 1.82) is 0 Å². The van der Waals surface area contributed by atoms with Crippen molar-refractivity contribution in [2.75, 3.05) is 24.2 Å². The average molecular weight is 399 g/mol. The summed E-state index contributed by atoms with van der Waals surface area (Å²) >= 11 is 7.27. The number of aromatic nitrogens is 2. The molecule has 0 radical (unpaired) electrons. The van der Waals surface area contributed by atoms with Gasteiger partial charge in [-0.1, -0.05) is 23.7 Å². The van der Waals surface area contributed by atoms with Gasteiger partial charge < -0.3 is 4.90 Å². The summed E-state index contributed by atoms with van der Waals surface area (Å²) in [6.07, 6.45) is 0.702. The SMILES string of the molecule is CC1(C)CCN(C(=O)Nc2nc(-c3ccccc3Cl)ns2)CCS1=O. The molecule has 1 unspecified atom stereocenters. The van der Waals surface area contributed by atoms with E-state index in [1.165, 1.54) is 0 Å². The second-order valence-electron chi connectivity index (χ2n) is 6.38. The molecule has 0 spiro atoms. The van der Waals surface area contributed by atoms with Crippen LogP contribution >= 0.6 is 23.1 Å². The molecule has 2 amide bonds. The van der Waals surface area contributed by atoms with Gasteiger partial charge in [0.05, 0.1) is 5.02 Å². The Hall–Kier alpha value is -1.51. The van der Waals surface area contributed by atoms with Crippen molar-refractivity contribution >= 4 is 45.1 Å². The number of halogens is 1. The molecular formula is C16H19ClN4O2S2. The molecule has 2 aromatic rings. The number of nitrogens with zero attached hydrogens (tertiary/aromatic N) is 3. The molecule has 1 aliphatic rings. The van der Waals surface area contributed by atoms with Gasteiger partial charge in [-0.2, -0.15) is 9.36 Å². The van der Waals surface area contributed by atoms with Crippen LogP contribution in [0.4, 0.5) is 9.93 Å². The van der Waals surface area contributed by atoms with Gasteiger partial charge >= 0.3 is 6.03 Å². The van der Waals surface area contributed by atoms with E-state index < -0.39 is 10.8 Å². The first-order chi connectivity index (χ1) is 11.9. The number of hydrogen-bond acceptors (Lipinski definition) is 5. The Kier molecular flexibility index (Phi) is 5.41. The number of anilines is 1. The summed E-state index contributed by atoms with van der Waals surface area (Å²) < 4.78 is 16.2. The van der Waals surface area contributed by atoms with E-state index in [0.717, 1.165) is 17.1 Å².